The Hall–Kier alpha value is -1.38. The van der Waals surface area contributed by atoms with Crippen molar-refractivity contribution in [3.05, 3.63) is 66.7 Å². The number of fused-ring (bicyclic) bond motifs is 2. The van der Waals surface area contributed by atoms with E-state index in [0.717, 1.165) is 29.0 Å². The molecule has 0 aromatic heterocycles. The zero-order valence-electron chi connectivity index (χ0n) is 17.5. The summed E-state index contributed by atoms with van der Waals surface area (Å²) in [4.78, 5) is -1.80. The van der Waals surface area contributed by atoms with Crippen LogP contribution in [0.1, 0.15) is 2.85 Å². The summed E-state index contributed by atoms with van der Waals surface area (Å²) < 4.78 is 67.7. The van der Waals surface area contributed by atoms with Gasteiger partial charge in [0.05, 0.1) is 16.3 Å². The summed E-state index contributed by atoms with van der Waals surface area (Å²) in [5, 5.41) is 21.6. The Morgan fingerprint density at radius 2 is 1.48 bits per heavy atom. The van der Waals surface area contributed by atoms with Crippen molar-refractivity contribution in [3.8, 4) is 5.75 Å². The Kier molecular flexibility index (Phi) is 8.85. The Balaban J connectivity index is 0.00000289. The monoisotopic (exact) mass is 506 g/mol. The second-order valence-corrected chi connectivity index (χ2v) is 9.33. The van der Waals surface area contributed by atoms with Crippen molar-refractivity contribution in [2.24, 2.45) is 10.2 Å². The first-order valence-electron chi connectivity index (χ1n) is 8.66. The molecule has 0 aliphatic rings. The Labute approximate surface area is 236 Å². The van der Waals surface area contributed by atoms with E-state index in [2.05, 4.69) is 10.2 Å². The van der Waals surface area contributed by atoms with E-state index in [4.69, 9.17) is 0 Å². The molecule has 4 aromatic rings. The third-order valence-corrected chi connectivity index (χ3v) is 6.27. The summed E-state index contributed by atoms with van der Waals surface area (Å²) in [5.41, 5.74) is -0.0189. The quantitative estimate of drug-likeness (QED) is 0.193. The minimum Gasteiger partial charge on any atom is -0.871 e. The molecule has 0 fully saturated rings. The summed E-state index contributed by atoms with van der Waals surface area (Å²) >= 11 is 0. The van der Waals surface area contributed by atoms with Gasteiger partial charge in [0.25, 0.3) is 10.1 Å². The molecular weight excluding hydrogens is 490 g/mol. The van der Waals surface area contributed by atoms with Crippen LogP contribution >= 0.6 is 0 Å². The fraction of sp³-hybridized carbons (Fsp3) is 0. The number of hydrogen-bond acceptors (Lipinski definition) is 8. The predicted octanol–water partition coefficient (Wildman–Crippen LogP) is -1.87. The molecule has 0 amide bonds. The van der Waals surface area contributed by atoms with Crippen molar-refractivity contribution in [2.75, 3.05) is 0 Å². The van der Waals surface area contributed by atoms with E-state index >= 15 is 0 Å². The van der Waals surface area contributed by atoms with Gasteiger partial charge in [-0.1, -0.05) is 54.3 Å². The Morgan fingerprint density at radius 1 is 0.818 bits per heavy atom. The molecule has 0 unspecified atom stereocenters. The smallest absolute Gasteiger partial charge is 0.871 e. The first-order chi connectivity index (χ1) is 14.6. The van der Waals surface area contributed by atoms with Crippen LogP contribution in [0, 0.1) is 0 Å². The molecule has 13 heteroatoms. The van der Waals surface area contributed by atoms with E-state index in [-0.39, 0.29) is 72.7 Å². The van der Waals surface area contributed by atoms with Crippen LogP contribution in [0.3, 0.4) is 0 Å². The van der Waals surface area contributed by atoms with Crippen molar-refractivity contribution in [1.82, 2.24) is 0 Å². The second-order valence-electron chi connectivity index (χ2n) is 6.56. The molecule has 9 nitrogen and oxygen atoms in total. The molecule has 0 saturated heterocycles. The van der Waals surface area contributed by atoms with E-state index in [1.807, 2.05) is 18.2 Å². The van der Waals surface area contributed by atoms with Crippen molar-refractivity contribution in [3.63, 3.8) is 0 Å². The van der Waals surface area contributed by atoms with Crippen molar-refractivity contribution >= 4 is 53.2 Å². The van der Waals surface area contributed by atoms with Gasteiger partial charge in [0.15, 0.2) is 0 Å². The predicted molar refractivity (Wildman–Crippen MR) is 114 cm³/mol. The number of benzene rings is 4. The minimum absolute atomic E-state index is 0. The van der Waals surface area contributed by atoms with Crippen molar-refractivity contribution in [1.29, 1.82) is 0 Å². The van der Waals surface area contributed by atoms with Crippen LogP contribution in [0.4, 0.5) is 11.4 Å². The van der Waals surface area contributed by atoms with Crippen LogP contribution in [-0.4, -0.2) is 25.9 Å². The van der Waals surface area contributed by atoms with Crippen LogP contribution in [0.15, 0.2) is 86.7 Å². The van der Waals surface area contributed by atoms with E-state index in [9.17, 15) is 31.0 Å². The van der Waals surface area contributed by atoms with Gasteiger partial charge in [-0.3, -0.25) is 4.55 Å². The largest absolute Gasteiger partial charge is 1.00 e. The number of nitrogens with zero attached hydrogens (tertiary/aromatic N) is 2. The van der Waals surface area contributed by atoms with E-state index in [1.54, 1.807) is 24.3 Å². The molecule has 1 N–H and O–H groups in total. The molecule has 0 spiro atoms. The van der Waals surface area contributed by atoms with Gasteiger partial charge < -0.3 is 9.66 Å². The fourth-order valence-corrected chi connectivity index (χ4v) is 4.57. The van der Waals surface area contributed by atoms with E-state index in [1.165, 1.54) is 0 Å². The SMILES string of the molecule is O=S(=O)([O-])c1cc(S(=O)(=O)O)c2c(N=Nc3cccc4ccccc34)c([O-])ccc2c1.[HH].[HH].[Na+].[Na+]. The summed E-state index contributed by atoms with van der Waals surface area (Å²) in [6.07, 6.45) is 0. The van der Waals surface area contributed by atoms with Gasteiger partial charge >= 0.3 is 59.1 Å². The standard InChI is InChI=1S/C20H14N2O7S2.2Na.2H2/c23-17-9-8-13-10-14(30(24,25)26)11-18(31(27,28)29)19(13)20(17)22-21-16-7-3-5-12-4-1-2-6-15(12)16;;;;/h1-11,23H,(H,24,25,26)(H,27,28,29);;;2*1H/q;2*+1;;/p-2. The molecule has 4 rings (SSSR count). The van der Waals surface area contributed by atoms with E-state index < -0.39 is 41.5 Å². The van der Waals surface area contributed by atoms with Crippen molar-refractivity contribution < 1.29 is 93.0 Å². The van der Waals surface area contributed by atoms with Gasteiger partial charge in [-0.25, -0.2) is 8.42 Å². The second kappa shape index (κ2) is 10.5. The molecule has 0 heterocycles. The van der Waals surface area contributed by atoms with Crippen LogP contribution in [0.2, 0.25) is 0 Å². The minimum atomic E-state index is -5.04. The Morgan fingerprint density at radius 3 is 2.15 bits per heavy atom. The molecule has 4 aromatic carbocycles. The van der Waals surface area contributed by atoms with Crippen LogP contribution < -0.4 is 64.2 Å². The molecule has 0 radical (unpaired) electrons. The van der Waals surface area contributed by atoms with Crippen LogP contribution in [0.25, 0.3) is 21.5 Å². The fourth-order valence-electron chi connectivity index (χ4n) is 3.21. The maximum atomic E-state index is 12.5. The summed E-state index contributed by atoms with van der Waals surface area (Å²) in [7, 11) is -10.1. The molecule has 0 aliphatic carbocycles. The van der Waals surface area contributed by atoms with Gasteiger partial charge in [-0.05, 0) is 29.0 Å². The normalized spacial score (nSPS) is 11.9. The molecular formula is C20H16N2Na2O7S2. The average molecular weight is 506 g/mol. The first kappa shape index (κ1) is 27.9. The Bertz CT molecular complexity index is 1610. The van der Waals surface area contributed by atoms with Gasteiger partial charge in [-0.15, -0.1) is 5.11 Å². The first-order valence-corrected chi connectivity index (χ1v) is 11.5. The third kappa shape index (κ3) is 5.82. The average Bonchev–Trinajstić information content (AvgIpc) is 2.71. The van der Waals surface area contributed by atoms with Gasteiger partial charge in [0.2, 0.25) is 0 Å². The van der Waals surface area contributed by atoms with Gasteiger partial charge in [0, 0.05) is 13.6 Å². The summed E-state index contributed by atoms with van der Waals surface area (Å²) in [5.74, 6) is -0.709. The van der Waals surface area contributed by atoms with Gasteiger partial charge in [-0.2, -0.15) is 13.5 Å². The summed E-state index contributed by atoms with van der Waals surface area (Å²) in [6.45, 7) is 0. The maximum absolute atomic E-state index is 12.5. The zero-order chi connectivity index (χ0) is 22.4. The van der Waals surface area contributed by atoms with Crippen LogP contribution in [-0.2, 0) is 20.2 Å². The molecule has 0 aliphatic heterocycles. The third-order valence-electron chi connectivity index (χ3n) is 4.58. The van der Waals surface area contributed by atoms with Crippen LogP contribution in [0.5, 0.6) is 5.75 Å². The van der Waals surface area contributed by atoms with Crippen molar-refractivity contribution in [2.45, 2.75) is 9.79 Å². The van der Waals surface area contributed by atoms with Gasteiger partial charge in [0.1, 0.15) is 15.0 Å². The topological polar surface area (TPSA) is 159 Å². The summed E-state index contributed by atoms with van der Waals surface area (Å²) in [6, 6.07) is 16.1. The molecule has 0 saturated carbocycles. The zero-order valence-corrected chi connectivity index (χ0v) is 23.1. The number of azo groups is 1. The molecule has 162 valence electrons. The molecule has 0 bridgehead atoms. The molecule has 0 atom stereocenters. The number of hydrogen-bond donors (Lipinski definition) is 1. The molecule has 33 heavy (non-hydrogen) atoms. The van der Waals surface area contributed by atoms with E-state index in [0.29, 0.717) is 11.8 Å². The number of rotatable bonds is 4. The maximum Gasteiger partial charge on any atom is 1.00 e.